The van der Waals surface area contributed by atoms with Crippen molar-refractivity contribution in [3.8, 4) is 0 Å². The van der Waals surface area contributed by atoms with E-state index in [1.165, 1.54) is 44.6 Å². The molecule has 0 spiro atoms. The van der Waals surface area contributed by atoms with Gasteiger partial charge in [0.05, 0.1) is 17.1 Å². The van der Waals surface area contributed by atoms with Gasteiger partial charge in [-0.15, -0.1) is 0 Å². The Morgan fingerprint density at radius 3 is 2.76 bits per heavy atom. The fourth-order valence-corrected chi connectivity index (χ4v) is 4.00. The van der Waals surface area contributed by atoms with Crippen LogP contribution in [0.15, 0.2) is 18.2 Å². The van der Waals surface area contributed by atoms with Crippen LogP contribution < -0.4 is 4.90 Å². The highest BCUT2D eigenvalue weighted by Crippen LogP contribution is 2.38. The Morgan fingerprint density at radius 2 is 2.00 bits per heavy atom. The molecule has 21 heavy (non-hydrogen) atoms. The Bertz CT molecular complexity index is 530. The third kappa shape index (κ3) is 2.75. The predicted molar refractivity (Wildman–Crippen MR) is 81.3 cm³/mol. The quantitative estimate of drug-likeness (QED) is 0.685. The van der Waals surface area contributed by atoms with E-state index in [0.29, 0.717) is 11.6 Å². The molecule has 1 heterocycles. The smallest absolute Gasteiger partial charge is 0.275 e. The average molecular weight is 290 g/mol. The molecule has 3 rings (SSSR count). The molecular formula is C16H22N2O3. The SMILES string of the molecule is O=[N+]([O-])c1ccc(N2CCC[C@H]3CCCC[C@H]32)cc1CO. The lowest BCUT2D eigenvalue weighted by molar-refractivity contribution is -0.385. The van der Waals surface area contributed by atoms with Gasteiger partial charge in [0, 0.05) is 24.3 Å². The van der Waals surface area contributed by atoms with Gasteiger partial charge in [-0.25, -0.2) is 0 Å². The molecule has 0 aromatic heterocycles. The number of fused-ring (bicyclic) bond motifs is 1. The zero-order chi connectivity index (χ0) is 14.8. The minimum atomic E-state index is -0.422. The van der Waals surface area contributed by atoms with Gasteiger partial charge in [-0.05, 0) is 43.7 Å². The zero-order valence-electron chi connectivity index (χ0n) is 12.2. The van der Waals surface area contributed by atoms with Crippen molar-refractivity contribution in [3.63, 3.8) is 0 Å². The van der Waals surface area contributed by atoms with Crippen molar-refractivity contribution < 1.29 is 10.0 Å². The van der Waals surface area contributed by atoms with E-state index in [4.69, 9.17) is 0 Å². The van der Waals surface area contributed by atoms with Crippen LogP contribution in [0.4, 0.5) is 11.4 Å². The number of aliphatic hydroxyl groups is 1. The minimum Gasteiger partial charge on any atom is -0.391 e. The van der Waals surface area contributed by atoms with Crippen molar-refractivity contribution in [2.24, 2.45) is 5.92 Å². The molecule has 2 fully saturated rings. The van der Waals surface area contributed by atoms with Crippen LogP contribution in [0.2, 0.25) is 0 Å². The van der Waals surface area contributed by atoms with E-state index in [-0.39, 0.29) is 12.3 Å². The van der Waals surface area contributed by atoms with Crippen LogP contribution in [-0.2, 0) is 6.61 Å². The summed E-state index contributed by atoms with van der Waals surface area (Å²) in [5.74, 6) is 0.764. The summed E-state index contributed by atoms with van der Waals surface area (Å²) >= 11 is 0. The van der Waals surface area contributed by atoms with Gasteiger partial charge in [0.15, 0.2) is 0 Å². The maximum Gasteiger partial charge on any atom is 0.275 e. The second-order valence-electron chi connectivity index (χ2n) is 6.18. The van der Waals surface area contributed by atoms with E-state index in [2.05, 4.69) is 4.90 Å². The van der Waals surface area contributed by atoms with Crippen LogP contribution in [-0.4, -0.2) is 22.6 Å². The first-order chi connectivity index (χ1) is 10.2. The molecule has 5 heteroatoms. The van der Waals surface area contributed by atoms with Crippen LogP contribution in [0.3, 0.4) is 0 Å². The van der Waals surface area contributed by atoms with E-state index in [1.807, 2.05) is 6.07 Å². The monoisotopic (exact) mass is 290 g/mol. The Labute approximate surface area is 124 Å². The molecule has 2 aliphatic rings. The normalized spacial score (nSPS) is 25.5. The Hall–Kier alpha value is -1.62. The molecule has 1 N–H and O–H groups in total. The topological polar surface area (TPSA) is 66.6 Å². The second kappa shape index (κ2) is 6.02. The van der Waals surface area contributed by atoms with E-state index >= 15 is 0 Å². The molecule has 0 bridgehead atoms. The average Bonchev–Trinajstić information content (AvgIpc) is 2.53. The van der Waals surface area contributed by atoms with Gasteiger partial charge in [0.2, 0.25) is 0 Å². The van der Waals surface area contributed by atoms with E-state index in [0.717, 1.165) is 18.2 Å². The summed E-state index contributed by atoms with van der Waals surface area (Å²) in [4.78, 5) is 13.0. The van der Waals surface area contributed by atoms with E-state index in [9.17, 15) is 15.2 Å². The van der Waals surface area contributed by atoms with E-state index < -0.39 is 4.92 Å². The lowest BCUT2D eigenvalue weighted by Crippen LogP contribution is -2.46. The molecule has 1 aliphatic heterocycles. The molecule has 1 aromatic rings. The number of hydrogen-bond donors (Lipinski definition) is 1. The number of piperidine rings is 1. The lowest BCUT2D eigenvalue weighted by atomic mass is 9.78. The molecule has 1 saturated heterocycles. The van der Waals surface area contributed by atoms with Gasteiger partial charge in [0.25, 0.3) is 5.69 Å². The van der Waals surface area contributed by atoms with Gasteiger partial charge >= 0.3 is 0 Å². The first-order valence-electron chi connectivity index (χ1n) is 7.85. The largest absolute Gasteiger partial charge is 0.391 e. The molecule has 0 amide bonds. The zero-order valence-corrected chi connectivity index (χ0v) is 12.2. The van der Waals surface area contributed by atoms with Crippen molar-refractivity contribution >= 4 is 11.4 Å². The van der Waals surface area contributed by atoms with Crippen LogP contribution in [0.25, 0.3) is 0 Å². The van der Waals surface area contributed by atoms with Crippen molar-refractivity contribution in [3.05, 3.63) is 33.9 Å². The number of nitro benzene ring substituents is 1. The summed E-state index contributed by atoms with van der Waals surface area (Å²) in [6.07, 6.45) is 7.62. The number of nitro groups is 1. The van der Waals surface area contributed by atoms with Gasteiger partial charge < -0.3 is 10.0 Å². The predicted octanol–water partition coefficient (Wildman–Crippen LogP) is 3.25. The number of hydrogen-bond acceptors (Lipinski definition) is 4. The number of aliphatic hydroxyl groups excluding tert-OH is 1. The summed E-state index contributed by atoms with van der Waals surface area (Å²) in [5.41, 5.74) is 1.45. The molecule has 0 unspecified atom stereocenters. The highest BCUT2D eigenvalue weighted by molar-refractivity contribution is 5.56. The molecular weight excluding hydrogens is 268 g/mol. The Balaban J connectivity index is 1.90. The van der Waals surface area contributed by atoms with Gasteiger partial charge in [0.1, 0.15) is 0 Å². The second-order valence-corrected chi connectivity index (χ2v) is 6.18. The molecule has 5 nitrogen and oxygen atoms in total. The molecule has 1 aliphatic carbocycles. The maximum absolute atomic E-state index is 11.0. The summed E-state index contributed by atoms with van der Waals surface area (Å²) < 4.78 is 0. The van der Waals surface area contributed by atoms with Crippen LogP contribution in [0.1, 0.15) is 44.1 Å². The van der Waals surface area contributed by atoms with Crippen molar-refractivity contribution in [1.29, 1.82) is 0 Å². The summed E-state index contributed by atoms with van der Waals surface area (Å²) in [6.45, 7) is 0.732. The van der Waals surface area contributed by atoms with Crippen LogP contribution >= 0.6 is 0 Å². The standard InChI is InChI=1S/C16H22N2O3/c19-11-13-10-14(7-8-16(13)18(20)21)17-9-3-5-12-4-1-2-6-15(12)17/h7-8,10,12,15,19H,1-6,9,11H2/t12-,15-/m1/s1. The molecule has 1 aromatic carbocycles. The molecule has 114 valence electrons. The first-order valence-corrected chi connectivity index (χ1v) is 7.85. The van der Waals surface area contributed by atoms with Crippen molar-refractivity contribution in [1.82, 2.24) is 0 Å². The van der Waals surface area contributed by atoms with Gasteiger partial charge in [-0.3, -0.25) is 10.1 Å². The Morgan fingerprint density at radius 1 is 1.24 bits per heavy atom. The van der Waals surface area contributed by atoms with Crippen LogP contribution in [0, 0.1) is 16.0 Å². The number of anilines is 1. The Kier molecular flexibility index (Phi) is 4.10. The highest BCUT2D eigenvalue weighted by Gasteiger charge is 2.33. The number of benzene rings is 1. The third-order valence-corrected chi connectivity index (χ3v) is 5.00. The molecule has 2 atom stereocenters. The van der Waals surface area contributed by atoms with Crippen LogP contribution in [0.5, 0.6) is 0 Å². The fourth-order valence-electron chi connectivity index (χ4n) is 4.00. The number of nitrogens with zero attached hydrogens (tertiary/aromatic N) is 2. The summed E-state index contributed by atoms with van der Waals surface area (Å²) in [7, 11) is 0. The first kappa shape index (κ1) is 14.3. The lowest BCUT2D eigenvalue weighted by Gasteiger charge is -2.45. The minimum absolute atomic E-state index is 0.0125. The van der Waals surface area contributed by atoms with Crippen molar-refractivity contribution in [2.75, 3.05) is 11.4 Å². The summed E-state index contributed by atoms with van der Waals surface area (Å²) in [5, 5.41) is 20.4. The fraction of sp³-hybridized carbons (Fsp3) is 0.625. The molecule has 1 saturated carbocycles. The highest BCUT2D eigenvalue weighted by atomic mass is 16.6. The van der Waals surface area contributed by atoms with Gasteiger partial charge in [-0.1, -0.05) is 12.8 Å². The third-order valence-electron chi connectivity index (χ3n) is 5.00. The van der Waals surface area contributed by atoms with Crippen molar-refractivity contribution in [2.45, 2.75) is 51.2 Å². The van der Waals surface area contributed by atoms with Gasteiger partial charge in [-0.2, -0.15) is 0 Å². The molecule has 0 radical (unpaired) electrons. The van der Waals surface area contributed by atoms with E-state index in [1.54, 1.807) is 6.07 Å². The maximum atomic E-state index is 11.0. The summed E-state index contributed by atoms with van der Waals surface area (Å²) in [6, 6.07) is 5.75. The number of rotatable bonds is 3.